The van der Waals surface area contributed by atoms with Gasteiger partial charge in [0.05, 0.1) is 4.90 Å². The van der Waals surface area contributed by atoms with Crippen molar-refractivity contribution in [1.29, 1.82) is 0 Å². The van der Waals surface area contributed by atoms with Crippen LogP contribution in [0.4, 0.5) is 5.69 Å². The largest absolute Gasteiger partial charge is 0.373 e. The summed E-state index contributed by atoms with van der Waals surface area (Å²) in [6.45, 7) is 1.30. The van der Waals surface area contributed by atoms with E-state index in [0.29, 0.717) is 11.4 Å². The standard InChI is InChI=1S/C11H19N3O2S/c1-13(2)17(15,16)11-6-4-10(5-7-11)14(3)9-8-12/h4-7H,8-9,12H2,1-3H3. The average molecular weight is 257 g/mol. The Balaban J connectivity index is 2.96. The molecule has 2 N–H and O–H groups in total. The molecule has 5 nitrogen and oxygen atoms in total. The van der Waals surface area contributed by atoms with Crippen LogP contribution in [0.5, 0.6) is 0 Å². The van der Waals surface area contributed by atoms with Crippen molar-refractivity contribution in [2.45, 2.75) is 4.90 Å². The van der Waals surface area contributed by atoms with E-state index < -0.39 is 10.0 Å². The average Bonchev–Trinajstić information content (AvgIpc) is 2.29. The van der Waals surface area contributed by atoms with E-state index in [-0.39, 0.29) is 0 Å². The van der Waals surface area contributed by atoms with Crippen molar-refractivity contribution >= 4 is 15.7 Å². The van der Waals surface area contributed by atoms with Crippen molar-refractivity contribution in [3.8, 4) is 0 Å². The SMILES string of the molecule is CN(CCN)c1ccc(S(=O)(=O)N(C)C)cc1. The Morgan fingerprint density at radius 3 is 2.06 bits per heavy atom. The summed E-state index contributed by atoms with van der Waals surface area (Å²) in [5.74, 6) is 0. The molecule has 0 aliphatic rings. The minimum atomic E-state index is -3.34. The van der Waals surface area contributed by atoms with Crippen LogP contribution in [0.25, 0.3) is 0 Å². The van der Waals surface area contributed by atoms with Crippen molar-refractivity contribution in [3.05, 3.63) is 24.3 Å². The van der Waals surface area contributed by atoms with Gasteiger partial charge in [-0.15, -0.1) is 0 Å². The lowest BCUT2D eigenvalue weighted by Crippen LogP contribution is -2.25. The number of nitrogens with zero attached hydrogens (tertiary/aromatic N) is 2. The maximum absolute atomic E-state index is 11.8. The Labute approximate surface area is 103 Å². The van der Waals surface area contributed by atoms with Gasteiger partial charge in [0.25, 0.3) is 0 Å². The van der Waals surface area contributed by atoms with Gasteiger partial charge in [-0.1, -0.05) is 0 Å². The van der Waals surface area contributed by atoms with Gasteiger partial charge in [0.15, 0.2) is 0 Å². The second-order valence-electron chi connectivity index (χ2n) is 3.99. The summed E-state index contributed by atoms with van der Waals surface area (Å²) in [7, 11) is 1.61. The third-order valence-corrected chi connectivity index (χ3v) is 4.35. The Hall–Kier alpha value is -1.11. The molecule has 0 aliphatic carbocycles. The zero-order valence-corrected chi connectivity index (χ0v) is 11.2. The summed E-state index contributed by atoms with van der Waals surface area (Å²) in [6, 6.07) is 6.79. The quantitative estimate of drug-likeness (QED) is 0.825. The third kappa shape index (κ3) is 3.18. The number of sulfonamides is 1. The van der Waals surface area contributed by atoms with Gasteiger partial charge in [-0.05, 0) is 24.3 Å². The molecule has 1 aromatic carbocycles. The summed E-state index contributed by atoms with van der Waals surface area (Å²) in [6.07, 6.45) is 0. The lowest BCUT2D eigenvalue weighted by atomic mass is 10.3. The number of benzene rings is 1. The normalized spacial score (nSPS) is 11.8. The van der Waals surface area contributed by atoms with E-state index in [4.69, 9.17) is 5.73 Å². The van der Waals surface area contributed by atoms with E-state index >= 15 is 0 Å². The van der Waals surface area contributed by atoms with Crippen LogP contribution in [0.3, 0.4) is 0 Å². The summed E-state index contributed by atoms with van der Waals surface area (Å²) in [5.41, 5.74) is 6.41. The molecule has 0 unspecified atom stereocenters. The maximum atomic E-state index is 11.8. The number of anilines is 1. The first-order valence-electron chi connectivity index (χ1n) is 5.33. The molecule has 0 fully saturated rings. The van der Waals surface area contributed by atoms with Gasteiger partial charge < -0.3 is 10.6 Å². The van der Waals surface area contributed by atoms with Crippen LogP contribution in [0, 0.1) is 0 Å². The van der Waals surface area contributed by atoms with Gasteiger partial charge >= 0.3 is 0 Å². The predicted octanol–water partition coefficient (Wildman–Crippen LogP) is 0.332. The van der Waals surface area contributed by atoms with Gasteiger partial charge in [0.1, 0.15) is 0 Å². The molecular formula is C11H19N3O2S. The zero-order valence-electron chi connectivity index (χ0n) is 10.4. The molecular weight excluding hydrogens is 238 g/mol. The first-order chi connectivity index (χ1) is 7.89. The fourth-order valence-corrected chi connectivity index (χ4v) is 2.31. The van der Waals surface area contributed by atoms with E-state index in [1.54, 1.807) is 24.3 Å². The zero-order chi connectivity index (χ0) is 13.1. The van der Waals surface area contributed by atoms with Crippen LogP contribution in [-0.2, 0) is 10.0 Å². The van der Waals surface area contributed by atoms with Gasteiger partial charge in [0.2, 0.25) is 10.0 Å². The fraction of sp³-hybridized carbons (Fsp3) is 0.455. The Kier molecular flexibility index (Phi) is 4.50. The number of nitrogens with two attached hydrogens (primary N) is 1. The second-order valence-corrected chi connectivity index (χ2v) is 6.14. The van der Waals surface area contributed by atoms with E-state index in [2.05, 4.69) is 0 Å². The fourth-order valence-electron chi connectivity index (χ4n) is 1.41. The van der Waals surface area contributed by atoms with Crippen LogP contribution in [0.1, 0.15) is 0 Å². The molecule has 0 bridgehead atoms. The van der Waals surface area contributed by atoms with Gasteiger partial charge in [0, 0.05) is 39.9 Å². The molecule has 0 radical (unpaired) electrons. The van der Waals surface area contributed by atoms with E-state index in [0.717, 1.165) is 12.2 Å². The topological polar surface area (TPSA) is 66.6 Å². The van der Waals surface area contributed by atoms with Crippen LogP contribution in [0.15, 0.2) is 29.2 Å². The van der Waals surface area contributed by atoms with Crippen LogP contribution in [0.2, 0.25) is 0 Å². The molecule has 0 amide bonds. The Morgan fingerprint density at radius 1 is 1.12 bits per heavy atom. The summed E-state index contributed by atoms with van der Waals surface area (Å²) in [4.78, 5) is 2.28. The molecule has 96 valence electrons. The molecule has 1 rings (SSSR count). The first kappa shape index (κ1) is 14.0. The van der Waals surface area contributed by atoms with Crippen molar-refractivity contribution < 1.29 is 8.42 Å². The highest BCUT2D eigenvalue weighted by Gasteiger charge is 2.16. The van der Waals surface area contributed by atoms with Gasteiger partial charge in [-0.3, -0.25) is 0 Å². The molecule has 0 saturated heterocycles. The van der Waals surface area contributed by atoms with Crippen molar-refractivity contribution in [1.82, 2.24) is 4.31 Å². The first-order valence-corrected chi connectivity index (χ1v) is 6.77. The molecule has 0 spiro atoms. The van der Waals surface area contributed by atoms with E-state index in [9.17, 15) is 8.42 Å². The molecule has 0 saturated carbocycles. The van der Waals surface area contributed by atoms with E-state index in [1.807, 2.05) is 11.9 Å². The third-order valence-electron chi connectivity index (χ3n) is 2.52. The molecule has 17 heavy (non-hydrogen) atoms. The van der Waals surface area contributed by atoms with Crippen LogP contribution in [-0.4, -0.2) is 47.0 Å². The lowest BCUT2D eigenvalue weighted by molar-refractivity contribution is 0.521. The van der Waals surface area contributed by atoms with Crippen LogP contribution >= 0.6 is 0 Å². The molecule has 0 aromatic heterocycles. The molecule has 0 atom stereocenters. The van der Waals surface area contributed by atoms with Crippen molar-refractivity contribution in [3.63, 3.8) is 0 Å². The van der Waals surface area contributed by atoms with Crippen LogP contribution < -0.4 is 10.6 Å². The monoisotopic (exact) mass is 257 g/mol. The number of likely N-dealkylation sites (N-methyl/N-ethyl adjacent to an activating group) is 1. The molecule has 1 aromatic rings. The second kappa shape index (κ2) is 5.48. The van der Waals surface area contributed by atoms with Crippen molar-refractivity contribution in [2.75, 3.05) is 39.1 Å². The molecule has 0 heterocycles. The highest BCUT2D eigenvalue weighted by atomic mass is 32.2. The Morgan fingerprint density at radius 2 is 1.65 bits per heavy atom. The summed E-state index contributed by atoms with van der Waals surface area (Å²) < 4.78 is 24.9. The van der Waals surface area contributed by atoms with Gasteiger partial charge in [-0.2, -0.15) is 0 Å². The maximum Gasteiger partial charge on any atom is 0.242 e. The smallest absolute Gasteiger partial charge is 0.242 e. The molecule has 6 heteroatoms. The lowest BCUT2D eigenvalue weighted by Gasteiger charge is -2.19. The summed E-state index contributed by atoms with van der Waals surface area (Å²) >= 11 is 0. The number of hydrogen-bond acceptors (Lipinski definition) is 4. The molecule has 0 aliphatic heterocycles. The van der Waals surface area contributed by atoms with Gasteiger partial charge in [-0.25, -0.2) is 12.7 Å². The highest BCUT2D eigenvalue weighted by Crippen LogP contribution is 2.18. The Bertz CT molecular complexity index is 454. The van der Waals surface area contributed by atoms with Crippen molar-refractivity contribution in [2.24, 2.45) is 5.73 Å². The number of hydrogen-bond donors (Lipinski definition) is 1. The predicted molar refractivity (Wildman–Crippen MR) is 69.6 cm³/mol. The minimum absolute atomic E-state index is 0.299. The number of rotatable bonds is 5. The highest BCUT2D eigenvalue weighted by molar-refractivity contribution is 7.89. The minimum Gasteiger partial charge on any atom is -0.373 e. The van der Waals surface area contributed by atoms with E-state index in [1.165, 1.54) is 18.4 Å². The summed E-state index contributed by atoms with van der Waals surface area (Å²) in [5, 5.41) is 0.